The first-order chi connectivity index (χ1) is 16.9. The molecule has 0 radical (unpaired) electrons. The summed E-state index contributed by atoms with van der Waals surface area (Å²) in [7, 11) is 0. The molecular formula is C27H27N7. The summed E-state index contributed by atoms with van der Waals surface area (Å²) in [5.41, 5.74) is 6.24. The zero-order chi connectivity index (χ0) is 23.0. The van der Waals surface area contributed by atoms with E-state index < -0.39 is 0 Å². The molecule has 34 heavy (non-hydrogen) atoms. The van der Waals surface area contributed by atoms with Crippen LogP contribution in [-0.4, -0.2) is 35.0 Å². The van der Waals surface area contributed by atoms with Crippen molar-refractivity contribution in [3.8, 4) is 33.6 Å². The molecule has 170 valence electrons. The number of unbranched alkanes of at least 4 members (excludes halogenated alkanes) is 3. The minimum Gasteiger partial charge on any atom is -0.264 e. The van der Waals surface area contributed by atoms with Crippen molar-refractivity contribution in [2.75, 3.05) is 0 Å². The Bertz CT molecular complexity index is 1310. The van der Waals surface area contributed by atoms with Gasteiger partial charge in [0.15, 0.2) is 0 Å². The summed E-state index contributed by atoms with van der Waals surface area (Å²) in [6.07, 6.45) is 12.0. The summed E-state index contributed by atoms with van der Waals surface area (Å²) < 4.78 is 3.87. The van der Waals surface area contributed by atoms with Crippen LogP contribution in [0.2, 0.25) is 0 Å². The molecule has 0 atom stereocenters. The number of hydrogen-bond donors (Lipinski definition) is 0. The monoisotopic (exact) mass is 449 g/mol. The van der Waals surface area contributed by atoms with E-state index in [4.69, 9.17) is 0 Å². The lowest BCUT2D eigenvalue weighted by molar-refractivity contribution is 0.490. The van der Waals surface area contributed by atoms with Gasteiger partial charge in [0.25, 0.3) is 0 Å². The fourth-order valence-corrected chi connectivity index (χ4v) is 4.06. The van der Waals surface area contributed by atoms with E-state index in [0.29, 0.717) is 0 Å². The molecule has 0 N–H and O–H groups in total. The van der Waals surface area contributed by atoms with E-state index in [1.807, 2.05) is 40.0 Å². The average Bonchev–Trinajstić information content (AvgIpc) is 3.57. The van der Waals surface area contributed by atoms with Gasteiger partial charge in [0.2, 0.25) is 0 Å². The third kappa shape index (κ3) is 5.26. The van der Waals surface area contributed by atoms with Gasteiger partial charge in [-0.3, -0.25) is 14.3 Å². The molecule has 0 fully saturated rings. The maximum Gasteiger partial charge on any atom is 0.114 e. The molecule has 0 saturated carbocycles. The normalized spacial score (nSPS) is 11.1. The second kappa shape index (κ2) is 10.7. The van der Waals surface area contributed by atoms with Gasteiger partial charge in [-0.05, 0) is 36.1 Å². The molecule has 2 aromatic carbocycles. The Morgan fingerprint density at radius 1 is 0.559 bits per heavy atom. The Kier molecular flexibility index (Phi) is 6.80. The molecule has 0 spiro atoms. The van der Waals surface area contributed by atoms with E-state index in [2.05, 4.69) is 80.3 Å². The molecule has 0 bridgehead atoms. The largest absolute Gasteiger partial charge is 0.264 e. The summed E-state index contributed by atoms with van der Waals surface area (Å²) in [5.74, 6) is 0. The van der Waals surface area contributed by atoms with Gasteiger partial charge in [-0.1, -0.05) is 77.9 Å². The zero-order valence-electron chi connectivity index (χ0n) is 19.0. The Hall–Kier alpha value is -4.13. The SMILES string of the molecule is c1ccc(-c2ccccc2-c2cn(CCCCCCn3cc(-c4cccnc4)nn3)nn2)cc1. The van der Waals surface area contributed by atoms with Gasteiger partial charge in [0.1, 0.15) is 11.4 Å². The van der Waals surface area contributed by atoms with Crippen molar-refractivity contribution in [2.45, 2.75) is 38.8 Å². The molecule has 0 amide bonds. The van der Waals surface area contributed by atoms with Crippen molar-refractivity contribution in [3.63, 3.8) is 0 Å². The molecule has 7 heteroatoms. The van der Waals surface area contributed by atoms with Crippen molar-refractivity contribution < 1.29 is 0 Å². The second-order valence-electron chi connectivity index (χ2n) is 8.30. The lowest BCUT2D eigenvalue weighted by Crippen LogP contribution is -2.01. The fraction of sp³-hybridized carbons (Fsp3) is 0.222. The van der Waals surface area contributed by atoms with E-state index in [9.17, 15) is 0 Å². The van der Waals surface area contributed by atoms with Crippen LogP contribution in [-0.2, 0) is 13.1 Å². The van der Waals surface area contributed by atoms with Gasteiger partial charge in [-0.2, -0.15) is 0 Å². The first kappa shape index (κ1) is 21.7. The van der Waals surface area contributed by atoms with Gasteiger partial charge in [0, 0.05) is 36.6 Å². The number of aromatic nitrogens is 7. The molecule has 5 aromatic rings. The Labute approximate surface area is 199 Å². The Morgan fingerprint density at radius 3 is 1.88 bits per heavy atom. The van der Waals surface area contributed by atoms with Crippen molar-refractivity contribution in [2.24, 2.45) is 0 Å². The van der Waals surface area contributed by atoms with E-state index in [0.717, 1.165) is 61.3 Å². The molecule has 0 aliphatic carbocycles. The molecule has 7 nitrogen and oxygen atoms in total. The molecule has 3 heterocycles. The van der Waals surface area contributed by atoms with Gasteiger partial charge in [-0.15, -0.1) is 10.2 Å². The molecule has 0 aliphatic rings. The molecule has 0 aliphatic heterocycles. The molecule has 0 saturated heterocycles. The predicted molar refractivity (Wildman–Crippen MR) is 133 cm³/mol. The first-order valence-corrected chi connectivity index (χ1v) is 11.7. The number of hydrogen-bond acceptors (Lipinski definition) is 5. The lowest BCUT2D eigenvalue weighted by Gasteiger charge is -2.07. The summed E-state index contributed by atoms with van der Waals surface area (Å²) in [5, 5.41) is 17.3. The summed E-state index contributed by atoms with van der Waals surface area (Å²) in [4.78, 5) is 4.14. The van der Waals surface area contributed by atoms with Crippen LogP contribution in [0.4, 0.5) is 0 Å². The number of nitrogens with zero attached hydrogens (tertiary/aromatic N) is 7. The smallest absolute Gasteiger partial charge is 0.114 e. The third-order valence-corrected chi connectivity index (χ3v) is 5.85. The lowest BCUT2D eigenvalue weighted by atomic mass is 9.98. The molecule has 0 unspecified atom stereocenters. The average molecular weight is 450 g/mol. The predicted octanol–water partition coefficient (Wildman–Crippen LogP) is 5.53. The van der Waals surface area contributed by atoms with Crippen LogP contribution in [0.3, 0.4) is 0 Å². The summed E-state index contributed by atoms with van der Waals surface area (Å²) in [6, 6.07) is 22.7. The highest BCUT2D eigenvalue weighted by molar-refractivity contribution is 5.81. The topological polar surface area (TPSA) is 74.3 Å². The quantitative estimate of drug-likeness (QED) is 0.262. The number of aryl methyl sites for hydroxylation is 2. The first-order valence-electron chi connectivity index (χ1n) is 11.7. The maximum absolute atomic E-state index is 4.44. The van der Waals surface area contributed by atoms with Gasteiger partial charge in [-0.25, -0.2) is 0 Å². The van der Waals surface area contributed by atoms with Gasteiger partial charge >= 0.3 is 0 Å². The van der Waals surface area contributed by atoms with Crippen LogP contribution in [0.25, 0.3) is 33.6 Å². The molecular weight excluding hydrogens is 422 g/mol. The third-order valence-electron chi connectivity index (χ3n) is 5.85. The van der Waals surface area contributed by atoms with Gasteiger partial charge < -0.3 is 0 Å². The standard InChI is InChI=1S/C27H27N7/c1(8-17-33-20-26(29-31-33)23-13-10-16-28-19-23)2-9-18-34-21-27(30-32-34)25-15-7-6-14-24(25)22-11-4-3-5-12-22/h3-7,10-16,19-21H,1-2,8-9,17-18H2. The number of benzene rings is 2. The van der Waals surface area contributed by atoms with E-state index in [-0.39, 0.29) is 0 Å². The van der Waals surface area contributed by atoms with Crippen LogP contribution in [0.15, 0.2) is 91.5 Å². The fourth-order valence-electron chi connectivity index (χ4n) is 4.06. The van der Waals surface area contributed by atoms with Crippen LogP contribution in [0, 0.1) is 0 Å². The highest BCUT2D eigenvalue weighted by atomic mass is 15.4. The van der Waals surface area contributed by atoms with E-state index in [1.54, 1.807) is 6.20 Å². The number of rotatable bonds is 10. The van der Waals surface area contributed by atoms with Gasteiger partial charge in [0.05, 0.1) is 12.4 Å². The van der Waals surface area contributed by atoms with Crippen LogP contribution >= 0.6 is 0 Å². The van der Waals surface area contributed by atoms with Crippen LogP contribution in [0.5, 0.6) is 0 Å². The highest BCUT2D eigenvalue weighted by Crippen LogP contribution is 2.30. The van der Waals surface area contributed by atoms with Crippen molar-refractivity contribution in [1.82, 2.24) is 35.0 Å². The Morgan fingerprint density at radius 2 is 1.18 bits per heavy atom. The van der Waals surface area contributed by atoms with E-state index in [1.165, 1.54) is 11.1 Å². The van der Waals surface area contributed by atoms with Crippen LogP contribution < -0.4 is 0 Å². The van der Waals surface area contributed by atoms with Crippen molar-refractivity contribution >= 4 is 0 Å². The summed E-state index contributed by atoms with van der Waals surface area (Å²) >= 11 is 0. The maximum atomic E-state index is 4.44. The summed E-state index contributed by atoms with van der Waals surface area (Å²) in [6.45, 7) is 1.74. The molecule has 3 aromatic heterocycles. The van der Waals surface area contributed by atoms with E-state index >= 15 is 0 Å². The van der Waals surface area contributed by atoms with Crippen molar-refractivity contribution in [3.05, 3.63) is 91.5 Å². The highest BCUT2D eigenvalue weighted by Gasteiger charge is 2.10. The molecule has 5 rings (SSSR count). The minimum absolute atomic E-state index is 0.865. The Balaban J connectivity index is 1.09. The number of pyridine rings is 1. The zero-order valence-corrected chi connectivity index (χ0v) is 19.0. The second-order valence-corrected chi connectivity index (χ2v) is 8.30. The minimum atomic E-state index is 0.865. The van der Waals surface area contributed by atoms with Crippen LogP contribution in [0.1, 0.15) is 25.7 Å². The van der Waals surface area contributed by atoms with Crippen molar-refractivity contribution in [1.29, 1.82) is 0 Å².